The SMILES string of the molecule is COc1ccc(S(=O)(=O)N(CCc2ccccc2)CC(=O)Nc2ccc(NC(C)=O)cc2)cc1. The zero-order valence-electron chi connectivity index (χ0n) is 19.0. The van der Waals surface area contributed by atoms with Gasteiger partial charge in [0, 0.05) is 24.8 Å². The number of nitrogens with zero attached hydrogens (tertiary/aromatic N) is 1. The van der Waals surface area contributed by atoms with Crippen LogP contribution >= 0.6 is 0 Å². The van der Waals surface area contributed by atoms with Crippen molar-refractivity contribution in [3.05, 3.63) is 84.4 Å². The predicted molar refractivity (Wildman–Crippen MR) is 131 cm³/mol. The predicted octanol–water partition coefficient (Wildman–Crippen LogP) is 3.53. The van der Waals surface area contributed by atoms with Gasteiger partial charge in [-0.3, -0.25) is 9.59 Å². The Morgan fingerprint density at radius 3 is 2.00 bits per heavy atom. The van der Waals surface area contributed by atoms with Crippen LogP contribution in [0.15, 0.2) is 83.8 Å². The lowest BCUT2D eigenvalue weighted by molar-refractivity contribution is -0.116. The summed E-state index contributed by atoms with van der Waals surface area (Å²) in [5, 5.41) is 5.36. The minimum Gasteiger partial charge on any atom is -0.497 e. The van der Waals surface area contributed by atoms with Crippen molar-refractivity contribution in [3.8, 4) is 5.75 Å². The number of carbonyl (C=O) groups excluding carboxylic acids is 2. The molecule has 0 spiro atoms. The van der Waals surface area contributed by atoms with Crippen molar-refractivity contribution in [3.63, 3.8) is 0 Å². The molecule has 0 aliphatic heterocycles. The number of carbonyl (C=O) groups is 2. The van der Waals surface area contributed by atoms with Gasteiger partial charge in [0.15, 0.2) is 0 Å². The van der Waals surface area contributed by atoms with Crippen LogP contribution < -0.4 is 15.4 Å². The minimum atomic E-state index is -3.93. The van der Waals surface area contributed by atoms with E-state index in [9.17, 15) is 18.0 Å². The molecule has 2 N–H and O–H groups in total. The van der Waals surface area contributed by atoms with E-state index in [0.717, 1.165) is 5.56 Å². The maximum absolute atomic E-state index is 13.4. The first-order valence-corrected chi connectivity index (χ1v) is 12.1. The van der Waals surface area contributed by atoms with Gasteiger partial charge >= 0.3 is 0 Å². The molecule has 178 valence electrons. The topological polar surface area (TPSA) is 105 Å². The van der Waals surface area contributed by atoms with Gasteiger partial charge in [-0.15, -0.1) is 0 Å². The molecule has 8 nitrogen and oxygen atoms in total. The van der Waals surface area contributed by atoms with Crippen molar-refractivity contribution in [2.45, 2.75) is 18.2 Å². The Labute approximate surface area is 199 Å². The quantitative estimate of drug-likeness (QED) is 0.461. The van der Waals surface area contributed by atoms with Crippen molar-refractivity contribution in [2.24, 2.45) is 0 Å². The van der Waals surface area contributed by atoms with E-state index < -0.39 is 15.9 Å². The van der Waals surface area contributed by atoms with Gasteiger partial charge in [0.2, 0.25) is 21.8 Å². The molecule has 3 aromatic rings. The third kappa shape index (κ3) is 6.90. The summed E-state index contributed by atoms with van der Waals surface area (Å²) in [6.45, 7) is 1.19. The van der Waals surface area contributed by atoms with Crippen LogP contribution in [0.2, 0.25) is 0 Å². The van der Waals surface area contributed by atoms with Crippen molar-refractivity contribution in [2.75, 3.05) is 30.8 Å². The van der Waals surface area contributed by atoms with E-state index in [2.05, 4.69) is 10.6 Å². The number of sulfonamides is 1. The van der Waals surface area contributed by atoms with Crippen molar-refractivity contribution >= 4 is 33.2 Å². The average Bonchev–Trinajstić information content (AvgIpc) is 2.83. The maximum Gasteiger partial charge on any atom is 0.243 e. The summed E-state index contributed by atoms with van der Waals surface area (Å²) >= 11 is 0. The first-order chi connectivity index (χ1) is 16.3. The number of benzene rings is 3. The molecule has 34 heavy (non-hydrogen) atoms. The van der Waals surface area contributed by atoms with Crippen LogP contribution in [0.3, 0.4) is 0 Å². The molecule has 0 saturated carbocycles. The molecule has 0 bridgehead atoms. The summed E-state index contributed by atoms with van der Waals surface area (Å²) in [6, 6.07) is 22.1. The monoisotopic (exact) mass is 481 g/mol. The lowest BCUT2D eigenvalue weighted by Gasteiger charge is -2.22. The van der Waals surface area contributed by atoms with E-state index >= 15 is 0 Å². The normalized spacial score (nSPS) is 11.1. The zero-order valence-corrected chi connectivity index (χ0v) is 19.8. The number of hydrogen-bond acceptors (Lipinski definition) is 5. The van der Waals surface area contributed by atoms with Crippen LogP contribution in [0.5, 0.6) is 5.75 Å². The van der Waals surface area contributed by atoms with Gasteiger partial charge in [-0.05, 0) is 60.5 Å². The highest BCUT2D eigenvalue weighted by Crippen LogP contribution is 2.20. The highest BCUT2D eigenvalue weighted by atomic mass is 32.2. The Hall–Kier alpha value is -3.69. The third-order valence-electron chi connectivity index (χ3n) is 5.00. The summed E-state index contributed by atoms with van der Waals surface area (Å²) in [5.41, 5.74) is 2.05. The lowest BCUT2D eigenvalue weighted by atomic mass is 10.1. The van der Waals surface area contributed by atoms with Gasteiger partial charge in [-0.2, -0.15) is 4.31 Å². The van der Waals surface area contributed by atoms with Gasteiger partial charge in [-0.25, -0.2) is 8.42 Å². The number of rotatable bonds is 10. The molecule has 0 saturated heterocycles. The molecule has 2 amide bonds. The van der Waals surface area contributed by atoms with E-state index in [1.165, 1.54) is 30.5 Å². The largest absolute Gasteiger partial charge is 0.497 e. The number of hydrogen-bond donors (Lipinski definition) is 2. The average molecular weight is 482 g/mol. The van der Waals surface area contributed by atoms with E-state index in [4.69, 9.17) is 4.74 Å². The summed E-state index contributed by atoms with van der Waals surface area (Å²) in [7, 11) is -2.43. The van der Waals surface area contributed by atoms with E-state index in [0.29, 0.717) is 23.5 Å². The summed E-state index contributed by atoms with van der Waals surface area (Å²) in [4.78, 5) is 24.0. The molecule has 0 aliphatic carbocycles. The van der Waals surface area contributed by atoms with Crippen LogP contribution in [-0.2, 0) is 26.0 Å². The standard InChI is InChI=1S/C25H27N3O5S/c1-19(29)26-21-8-10-22(11-9-21)27-25(30)18-28(17-16-20-6-4-3-5-7-20)34(31,32)24-14-12-23(33-2)13-15-24/h3-15H,16-18H2,1-2H3,(H,26,29)(H,27,30). The molecule has 0 unspecified atom stereocenters. The van der Waals surface area contributed by atoms with Crippen LogP contribution in [-0.4, -0.2) is 44.7 Å². The molecular formula is C25H27N3O5S. The van der Waals surface area contributed by atoms with Gasteiger partial charge in [-0.1, -0.05) is 30.3 Å². The zero-order chi connectivity index (χ0) is 24.6. The Bertz CT molecular complexity index is 1210. The second-order valence-corrected chi connectivity index (χ2v) is 9.49. The Kier molecular flexibility index (Phi) is 8.39. The van der Waals surface area contributed by atoms with Crippen LogP contribution in [0.25, 0.3) is 0 Å². The molecule has 0 fully saturated rings. The molecule has 3 rings (SSSR count). The van der Waals surface area contributed by atoms with Crippen LogP contribution in [0.1, 0.15) is 12.5 Å². The molecule has 0 atom stereocenters. The summed E-state index contributed by atoms with van der Waals surface area (Å²) in [6.07, 6.45) is 0.453. The number of nitrogens with one attached hydrogen (secondary N) is 2. The van der Waals surface area contributed by atoms with Gasteiger partial charge in [0.1, 0.15) is 5.75 Å². The van der Waals surface area contributed by atoms with Gasteiger partial charge in [0.05, 0.1) is 18.6 Å². The Morgan fingerprint density at radius 1 is 0.853 bits per heavy atom. The molecule has 3 aromatic carbocycles. The van der Waals surface area contributed by atoms with Crippen molar-refractivity contribution in [1.82, 2.24) is 4.31 Å². The Balaban J connectivity index is 1.76. The van der Waals surface area contributed by atoms with Crippen molar-refractivity contribution in [1.29, 1.82) is 0 Å². The Morgan fingerprint density at radius 2 is 1.44 bits per heavy atom. The number of methoxy groups -OCH3 is 1. The first kappa shape index (κ1) is 24.9. The van der Waals surface area contributed by atoms with Crippen LogP contribution in [0, 0.1) is 0 Å². The fraction of sp³-hybridized carbons (Fsp3) is 0.200. The van der Waals surface area contributed by atoms with E-state index in [1.54, 1.807) is 36.4 Å². The summed E-state index contributed by atoms with van der Waals surface area (Å²) in [5.74, 6) is -0.137. The number of anilines is 2. The lowest BCUT2D eigenvalue weighted by Crippen LogP contribution is -2.39. The fourth-order valence-corrected chi connectivity index (χ4v) is 4.68. The van der Waals surface area contributed by atoms with E-state index in [-0.39, 0.29) is 23.9 Å². The van der Waals surface area contributed by atoms with Gasteiger partial charge < -0.3 is 15.4 Å². The molecule has 0 radical (unpaired) electrons. The van der Waals surface area contributed by atoms with E-state index in [1.807, 2.05) is 30.3 Å². The third-order valence-corrected chi connectivity index (χ3v) is 6.86. The minimum absolute atomic E-state index is 0.0776. The summed E-state index contributed by atoms with van der Waals surface area (Å²) < 4.78 is 33.0. The van der Waals surface area contributed by atoms with Crippen LogP contribution in [0.4, 0.5) is 11.4 Å². The van der Waals surface area contributed by atoms with Crippen molar-refractivity contribution < 1.29 is 22.7 Å². The maximum atomic E-state index is 13.4. The number of amides is 2. The second-order valence-electron chi connectivity index (χ2n) is 7.56. The highest BCUT2D eigenvalue weighted by molar-refractivity contribution is 7.89. The fourth-order valence-electron chi connectivity index (χ4n) is 3.28. The smallest absolute Gasteiger partial charge is 0.243 e. The highest BCUT2D eigenvalue weighted by Gasteiger charge is 2.26. The number of ether oxygens (including phenoxy) is 1. The molecule has 9 heteroatoms. The first-order valence-electron chi connectivity index (χ1n) is 10.6. The second kappa shape index (κ2) is 11.4. The molecule has 0 heterocycles. The van der Waals surface area contributed by atoms with Gasteiger partial charge in [0.25, 0.3) is 0 Å². The molecular weight excluding hydrogens is 454 g/mol. The molecule has 0 aromatic heterocycles. The molecule has 0 aliphatic rings.